The number of benzene rings is 1. The van der Waals surface area contributed by atoms with Crippen molar-refractivity contribution in [3.05, 3.63) is 35.1 Å². The fourth-order valence-corrected chi connectivity index (χ4v) is 2.74. The minimum Gasteiger partial charge on any atom is -0.412 e. The highest BCUT2D eigenvalue weighted by atomic mass is 32.1. The first-order chi connectivity index (χ1) is 7.77. The lowest BCUT2D eigenvalue weighted by molar-refractivity contribution is 0.824. The van der Waals surface area contributed by atoms with E-state index in [1.165, 1.54) is 15.8 Å². The van der Waals surface area contributed by atoms with Gasteiger partial charge >= 0.3 is 0 Å². The van der Waals surface area contributed by atoms with E-state index >= 15 is 0 Å². The number of hydrogen-bond donors (Lipinski definition) is 1. The first-order valence-corrected chi connectivity index (χ1v) is 5.99. The Bertz CT molecular complexity index is 637. The van der Waals surface area contributed by atoms with Gasteiger partial charge in [-0.3, -0.25) is 5.10 Å². The van der Waals surface area contributed by atoms with Gasteiger partial charge in [0, 0.05) is 16.8 Å². The van der Waals surface area contributed by atoms with Gasteiger partial charge in [0.05, 0.1) is 21.4 Å². The zero-order chi connectivity index (χ0) is 11.1. The minimum absolute atomic E-state index is 0. The van der Waals surface area contributed by atoms with Crippen LogP contribution in [-0.2, 0) is 0 Å². The van der Waals surface area contributed by atoms with Crippen LogP contribution in [0.4, 0.5) is 0 Å². The Balaban J connectivity index is 0.00000108. The molecule has 17 heavy (non-hydrogen) atoms. The van der Waals surface area contributed by atoms with Crippen molar-refractivity contribution in [1.82, 2.24) is 15.2 Å². The summed E-state index contributed by atoms with van der Waals surface area (Å²) in [5.41, 5.74) is 7.42. The summed E-state index contributed by atoms with van der Waals surface area (Å²) in [6.07, 6.45) is 0. The second-order valence-corrected chi connectivity index (χ2v) is 4.70. The molecule has 0 unspecified atom stereocenters. The number of fused-ring (bicyclic) bond motifs is 1. The van der Waals surface area contributed by atoms with Gasteiger partial charge in [-0.2, -0.15) is 5.10 Å². The van der Waals surface area contributed by atoms with Crippen molar-refractivity contribution in [3.8, 4) is 11.1 Å². The van der Waals surface area contributed by atoms with Gasteiger partial charge in [0.2, 0.25) is 0 Å². The van der Waals surface area contributed by atoms with Crippen LogP contribution in [0.3, 0.4) is 0 Å². The van der Waals surface area contributed by atoms with Crippen LogP contribution < -0.4 is 0 Å². The van der Waals surface area contributed by atoms with Crippen molar-refractivity contribution in [1.29, 1.82) is 0 Å². The minimum atomic E-state index is 0. The molecule has 3 aromatic rings. The van der Waals surface area contributed by atoms with E-state index in [0.717, 1.165) is 16.9 Å². The van der Waals surface area contributed by atoms with E-state index in [4.69, 9.17) is 0 Å². The molecule has 0 bridgehead atoms. The molecule has 2 aromatic heterocycles. The lowest BCUT2D eigenvalue weighted by Crippen LogP contribution is -1.83. The molecular formula is C12H13N3OS. The number of rotatable bonds is 1. The summed E-state index contributed by atoms with van der Waals surface area (Å²) in [5, 5.41) is 7.25. The van der Waals surface area contributed by atoms with Crippen molar-refractivity contribution in [2.24, 2.45) is 0 Å². The number of H-pyrrole nitrogens is 1. The van der Waals surface area contributed by atoms with E-state index in [9.17, 15) is 0 Å². The van der Waals surface area contributed by atoms with Gasteiger partial charge in [0.15, 0.2) is 0 Å². The summed E-state index contributed by atoms with van der Waals surface area (Å²) < 4.78 is 1.22. The molecule has 0 atom stereocenters. The quantitative estimate of drug-likeness (QED) is 0.717. The number of thiazole rings is 1. The van der Waals surface area contributed by atoms with Crippen LogP contribution in [0.5, 0.6) is 0 Å². The zero-order valence-electron chi connectivity index (χ0n) is 9.61. The van der Waals surface area contributed by atoms with E-state index < -0.39 is 0 Å². The number of aromatic amines is 1. The molecule has 88 valence electrons. The molecule has 0 amide bonds. The van der Waals surface area contributed by atoms with Gasteiger partial charge < -0.3 is 5.48 Å². The zero-order valence-corrected chi connectivity index (χ0v) is 10.4. The maximum absolute atomic E-state index is 4.43. The average molecular weight is 247 g/mol. The maximum Gasteiger partial charge on any atom is 0.0891 e. The van der Waals surface area contributed by atoms with Crippen LogP contribution in [0, 0.1) is 13.8 Å². The highest BCUT2D eigenvalue weighted by Crippen LogP contribution is 2.32. The summed E-state index contributed by atoms with van der Waals surface area (Å²) in [7, 11) is 0. The van der Waals surface area contributed by atoms with E-state index in [1.54, 1.807) is 11.3 Å². The standard InChI is InChI=1S/C12H11N3S.H2O/c1-7-11(8(2)15-14-7)9-4-3-5-10-12(9)13-6-16-10;/h3-6H,1-2H3,(H,14,15);1H2. The third kappa shape index (κ3) is 1.73. The Hall–Kier alpha value is -1.72. The number of nitrogens with one attached hydrogen (secondary N) is 1. The summed E-state index contributed by atoms with van der Waals surface area (Å²) in [4.78, 5) is 4.43. The van der Waals surface area contributed by atoms with Gasteiger partial charge in [-0.1, -0.05) is 12.1 Å². The Labute approximate surface area is 103 Å². The maximum atomic E-state index is 4.43. The number of aromatic nitrogens is 3. The number of hydrogen-bond acceptors (Lipinski definition) is 3. The summed E-state index contributed by atoms with van der Waals surface area (Å²) in [6, 6.07) is 6.27. The molecule has 4 nitrogen and oxygen atoms in total. The molecule has 0 saturated heterocycles. The van der Waals surface area contributed by atoms with Crippen LogP contribution in [0.15, 0.2) is 23.7 Å². The first-order valence-electron chi connectivity index (χ1n) is 5.11. The highest BCUT2D eigenvalue weighted by Gasteiger charge is 2.12. The Morgan fingerprint density at radius 1 is 1.24 bits per heavy atom. The topological polar surface area (TPSA) is 73.1 Å². The Kier molecular flexibility index (Phi) is 2.95. The summed E-state index contributed by atoms with van der Waals surface area (Å²) in [6.45, 7) is 4.06. The highest BCUT2D eigenvalue weighted by molar-refractivity contribution is 7.16. The fraction of sp³-hybridized carbons (Fsp3) is 0.167. The van der Waals surface area contributed by atoms with Gasteiger partial charge in [-0.05, 0) is 19.9 Å². The van der Waals surface area contributed by atoms with Crippen molar-refractivity contribution in [3.63, 3.8) is 0 Å². The van der Waals surface area contributed by atoms with Crippen molar-refractivity contribution < 1.29 is 5.48 Å². The molecule has 3 rings (SSSR count). The third-order valence-electron chi connectivity index (χ3n) is 2.76. The molecule has 3 N–H and O–H groups in total. The fourth-order valence-electron chi connectivity index (χ4n) is 2.04. The largest absolute Gasteiger partial charge is 0.412 e. The lowest BCUT2D eigenvalue weighted by Gasteiger charge is -2.02. The Morgan fingerprint density at radius 3 is 2.76 bits per heavy atom. The summed E-state index contributed by atoms with van der Waals surface area (Å²) in [5.74, 6) is 0. The number of para-hydroxylation sites is 1. The second-order valence-electron chi connectivity index (χ2n) is 3.81. The number of aryl methyl sites for hydroxylation is 2. The van der Waals surface area contributed by atoms with Crippen LogP contribution in [-0.4, -0.2) is 20.7 Å². The van der Waals surface area contributed by atoms with Crippen molar-refractivity contribution in [2.75, 3.05) is 0 Å². The molecule has 0 saturated carbocycles. The van der Waals surface area contributed by atoms with E-state index in [1.807, 2.05) is 19.4 Å². The van der Waals surface area contributed by atoms with Crippen LogP contribution >= 0.6 is 11.3 Å². The smallest absolute Gasteiger partial charge is 0.0891 e. The van der Waals surface area contributed by atoms with E-state index in [-0.39, 0.29) is 5.48 Å². The van der Waals surface area contributed by atoms with Crippen molar-refractivity contribution >= 4 is 21.6 Å². The van der Waals surface area contributed by atoms with Gasteiger partial charge in [-0.15, -0.1) is 11.3 Å². The third-order valence-corrected chi connectivity index (χ3v) is 3.55. The van der Waals surface area contributed by atoms with Crippen LogP contribution in [0.25, 0.3) is 21.3 Å². The lowest BCUT2D eigenvalue weighted by atomic mass is 10.0. The molecule has 0 spiro atoms. The summed E-state index contributed by atoms with van der Waals surface area (Å²) >= 11 is 1.67. The van der Waals surface area contributed by atoms with Crippen LogP contribution in [0.2, 0.25) is 0 Å². The molecule has 0 aliphatic carbocycles. The Morgan fingerprint density at radius 2 is 2.06 bits per heavy atom. The molecule has 0 aliphatic rings. The number of nitrogens with zero attached hydrogens (tertiary/aromatic N) is 2. The second kappa shape index (κ2) is 4.27. The van der Waals surface area contributed by atoms with Gasteiger partial charge in [0.25, 0.3) is 0 Å². The SMILES string of the molecule is Cc1n[nH]c(C)c1-c1cccc2scnc12.O. The van der Waals surface area contributed by atoms with Crippen molar-refractivity contribution in [2.45, 2.75) is 13.8 Å². The molecular weight excluding hydrogens is 234 g/mol. The monoisotopic (exact) mass is 247 g/mol. The molecule has 1 aromatic carbocycles. The average Bonchev–Trinajstić information content (AvgIpc) is 2.86. The molecule has 0 radical (unpaired) electrons. The first kappa shape index (κ1) is 11.8. The predicted molar refractivity (Wildman–Crippen MR) is 70.3 cm³/mol. The van der Waals surface area contributed by atoms with Gasteiger partial charge in [-0.25, -0.2) is 4.98 Å². The molecule has 2 heterocycles. The molecule has 0 aliphatic heterocycles. The van der Waals surface area contributed by atoms with E-state index in [0.29, 0.717) is 0 Å². The molecule has 0 fully saturated rings. The van der Waals surface area contributed by atoms with Gasteiger partial charge in [0.1, 0.15) is 0 Å². The normalized spacial score (nSPS) is 10.5. The molecule has 5 heteroatoms. The predicted octanol–water partition coefficient (Wildman–Crippen LogP) is 2.48. The van der Waals surface area contributed by atoms with Crippen LogP contribution in [0.1, 0.15) is 11.4 Å². The van der Waals surface area contributed by atoms with E-state index in [2.05, 4.69) is 33.4 Å².